The number of nitrogens with two attached hydrogens (primary N) is 1. The molecule has 1 aromatic rings. The first-order valence-corrected chi connectivity index (χ1v) is 7.90. The second kappa shape index (κ2) is 6.20. The van der Waals surface area contributed by atoms with Crippen LogP contribution in [0.25, 0.3) is 0 Å². The molecular formula is C16H26N4. The number of likely N-dealkylation sites (tertiary alicyclic amines) is 2. The quantitative estimate of drug-likeness (QED) is 0.906. The largest absolute Gasteiger partial charge is 0.326 e. The zero-order valence-electron chi connectivity index (χ0n) is 12.4. The summed E-state index contributed by atoms with van der Waals surface area (Å²) in [4.78, 5) is 9.73. The zero-order valence-corrected chi connectivity index (χ0v) is 12.4. The lowest BCUT2D eigenvalue weighted by atomic mass is 10.0. The van der Waals surface area contributed by atoms with Crippen LogP contribution in [0.15, 0.2) is 24.4 Å². The van der Waals surface area contributed by atoms with E-state index >= 15 is 0 Å². The molecule has 0 aliphatic carbocycles. The van der Waals surface area contributed by atoms with Gasteiger partial charge in [0.15, 0.2) is 0 Å². The molecule has 2 N–H and O–H groups in total. The Morgan fingerprint density at radius 1 is 1.25 bits per heavy atom. The Morgan fingerprint density at radius 3 is 2.70 bits per heavy atom. The highest BCUT2D eigenvalue weighted by Crippen LogP contribution is 2.29. The molecule has 2 aliphatic heterocycles. The van der Waals surface area contributed by atoms with Crippen molar-refractivity contribution in [3.05, 3.63) is 30.1 Å². The predicted octanol–water partition coefficient (Wildman–Crippen LogP) is 1.64. The third-order valence-electron chi connectivity index (χ3n) is 4.73. The first-order chi connectivity index (χ1) is 9.75. The van der Waals surface area contributed by atoms with Crippen LogP contribution in [0.3, 0.4) is 0 Å². The number of rotatable bonds is 4. The molecule has 110 valence electrons. The zero-order chi connectivity index (χ0) is 13.9. The van der Waals surface area contributed by atoms with Crippen molar-refractivity contribution < 1.29 is 0 Å². The predicted molar refractivity (Wildman–Crippen MR) is 81.4 cm³/mol. The van der Waals surface area contributed by atoms with E-state index in [9.17, 15) is 0 Å². The number of pyridine rings is 1. The fourth-order valence-corrected chi connectivity index (χ4v) is 3.77. The molecule has 0 amide bonds. The monoisotopic (exact) mass is 274 g/mol. The first-order valence-electron chi connectivity index (χ1n) is 7.90. The molecule has 3 atom stereocenters. The summed E-state index contributed by atoms with van der Waals surface area (Å²) in [5, 5.41) is 0. The minimum absolute atomic E-state index is 0.113. The minimum atomic E-state index is 0.113. The van der Waals surface area contributed by atoms with Crippen molar-refractivity contribution in [2.24, 2.45) is 5.73 Å². The van der Waals surface area contributed by atoms with Crippen LogP contribution in [0.1, 0.15) is 37.9 Å². The molecular weight excluding hydrogens is 248 g/mol. The summed E-state index contributed by atoms with van der Waals surface area (Å²) in [5.74, 6) is 0. The van der Waals surface area contributed by atoms with Gasteiger partial charge in [0.05, 0.1) is 11.7 Å². The third-order valence-corrected chi connectivity index (χ3v) is 4.73. The van der Waals surface area contributed by atoms with Gasteiger partial charge >= 0.3 is 0 Å². The molecule has 4 heteroatoms. The van der Waals surface area contributed by atoms with Gasteiger partial charge in [-0.25, -0.2) is 0 Å². The lowest BCUT2D eigenvalue weighted by Crippen LogP contribution is -2.41. The van der Waals surface area contributed by atoms with E-state index in [1.54, 1.807) is 0 Å². The van der Waals surface area contributed by atoms with Gasteiger partial charge in [-0.15, -0.1) is 0 Å². The second-order valence-electron chi connectivity index (χ2n) is 6.24. The Kier molecular flexibility index (Phi) is 4.34. The van der Waals surface area contributed by atoms with Crippen molar-refractivity contribution in [1.29, 1.82) is 0 Å². The summed E-state index contributed by atoms with van der Waals surface area (Å²) in [6.45, 7) is 6.95. The standard InChI is InChI=1S/C16H26N4/c1-13(17)16(15-6-2-3-8-18-15)20-11-7-14(12-20)19-9-4-5-10-19/h2-3,6,8,13-14,16H,4-5,7,9-12,17H2,1H3. The van der Waals surface area contributed by atoms with E-state index in [0.29, 0.717) is 0 Å². The van der Waals surface area contributed by atoms with Crippen molar-refractivity contribution in [3.8, 4) is 0 Å². The summed E-state index contributed by atoms with van der Waals surface area (Å²) < 4.78 is 0. The lowest BCUT2D eigenvalue weighted by Gasteiger charge is -2.31. The maximum Gasteiger partial charge on any atom is 0.0671 e. The summed E-state index contributed by atoms with van der Waals surface area (Å²) in [7, 11) is 0. The van der Waals surface area contributed by atoms with Crippen LogP contribution < -0.4 is 5.73 Å². The molecule has 20 heavy (non-hydrogen) atoms. The Bertz CT molecular complexity index is 414. The van der Waals surface area contributed by atoms with Crippen LogP contribution in [0.4, 0.5) is 0 Å². The molecule has 1 aromatic heterocycles. The van der Waals surface area contributed by atoms with Crippen molar-refractivity contribution in [1.82, 2.24) is 14.8 Å². The van der Waals surface area contributed by atoms with Gasteiger partial charge in [0, 0.05) is 31.4 Å². The van der Waals surface area contributed by atoms with Crippen molar-refractivity contribution in [3.63, 3.8) is 0 Å². The second-order valence-corrected chi connectivity index (χ2v) is 6.24. The number of hydrogen-bond acceptors (Lipinski definition) is 4. The van der Waals surface area contributed by atoms with Crippen LogP contribution >= 0.6 is 0 Å². The fourth-order valence-electron chi connectivity index (χ4n) is 3.77. The van der Waals surface area contributed by atoms with Crippen LogP contribution in [-0.2, 0) is 0 Å². The first kappa shape index (κ1) is 14.0. The van der Waals surface area contributed by atoms with Crippen LogP contribution in [0, 0.1) is 0 Å². The van der Waals surface area contributed by atoms with E-state index in [1.165, 1.54) is 32.4 Å². The highest BCUT2D eigenvalue weighted by atomic mass is 15.3. The summed E-state index contributed by atoms with van der Waals surface area (Å²) in [6, 6.07) is 7.23. The van der Waals surface area contributed by atoms with Crippen molar-refractivity contribution in [2.45, 2.75) is 44.3 Å². The summed E-state index contributed by atoms with van der Waals surface area (Å²) in [6.07, 6.45) is 5.88. The van der Waals surface area contributed by atoms with Gasteiger partial charge in [-0.3, -0.25) is 14.8 Å². The number of nitrogens with zero attached hydrogens (tertiary/aromatic N) is 3. The molecule has 0 aromatic carbocycles. The minimum Gasteiger partial charge on any atom is -0.326 e. The van der Waals surface area contributed by atoms with Gasteiger partial charge in [-0.2, -0.15) is 0 Å². The average Bonchev–Trinajstić information content (AvgIpc) is 3.10. The molecule has 0 radical (unpaired) electrons. The van der Waals surface area contributed by atoms with E-state index in [2.05, 4.69) is 33.8 Å². The molecule has 0 spiro atoms. The Hall–Kier alpha value is -0.970. The van der Waals surface area contributed by atoms with Gasteiger partial charge in [0.25, 0.3) is 0 Å². The molecule has 3 rings (SSSR count). The molecule has 0 bridgehead atoms. The van der Waals surface area contributed by atoms with E-state index in [-0.39, 0.29) is 12.1 Å². The normalized spacial score (nSPS) is 27.8. The van der Waals surface area contributed by atoms with Gasteiger partial charge < -0.3 is 5.73 Å². The number of aromatic nitrogens is 1. The fraction of sp³-hybridized carbons (Fsp3) is 0.688. The molecule has 0 saturated carbocycles. The van der Waals surface area contributed by atoms with E-state index < -0.39 is 0 Å². The SMILES string of the molecule is CC(N)C(c1ccccn1)N1CCC(N2CCCC2)C1. The van der Waals surface area contributed by atoms with Gasteiger partial charge in [-0.05, 0) is 51.4 Å². The molecule has 3 heterocycles. The maximum atomic E-state index is 6.25. The molecule has 2 aliphatic rings. The van der Waals surface area contributed by atoms with Crippen molar-refractivity contribution in [2.75, 3.05) is 26.2 Å². The van der Waals surface area contributed by atoms with Gasteiger partial charge in [0.1, 0.15) is 0 Å². The highest BCUT2D eigenvalue weighted by molar-refractivity contribution is 5.12. The topological polar surface area (TPSA) is 45.4 Å². The molecule has 4 nitrogen and oxygen atoms in total. The molecule has 2 fully saturated rings. The van der Waals surface area contributed by atoms with Crippen LogP contribution in [0.2, 0.25) is 0 Å². The van der Waals surface area contributed by atoms with E-state index in [4.69, 9.17) is 5.73 Å². The van der Waals surface area contributed by atoms with Gasteiger partial charge in [0.2, 0.25) is 0 Å². The summed E-state index contributed by atoms with van der Waals surface area (Å²) in [5.41, 5.74) is 7.37. The Morgan fingerprint density at radius 2 is 2.05 bits per heavy atom. The van der Waals surface area contributed by atoms with Crippen LogP contribution in [-0.4, -0.2) is 53.0 Å². The molecule has 3 unspecified atom stereocenters. The Labute approximate surface area is 122 Å². The van der Waals surface area contributed by atoms with E-state index in [1.807, 2.05) is 12.3 Å². The van der Waals surface area contributed by atoms with Crippen LogP contribution in [0.5, 0.6) is 0 Å². The highest BCUT2D eigenvalue weighted by Gasteiger charge is 2.34. The smallest absolute Gasteiger partial charge is 0.0671 e. The summed E-state index contributed by atoms with van der Waals surface area (Å²) >= 11 is 0. The third kappa shape index (κ3) is 2.87. The maximum absolute atomic E-state index is 6.25. The lowest BCUT2D eigenvalue weighted by molar-refractivity contribution is 0.183. The van der Waals surface area contributed by atoms with Crippen molar-refractivity contribution >= 4 is 0 Å². The molecule has 2 saturated heterocycles. The Balaban J connectivity index is 1.70. The average molecular weight is 274 g/mol. The number of hydrogen-bond donors (Lipinski definition) is 1. The van der Waals surface area contributed by atoms with E-state index in [0.717, 1.165) is 24.8 Å². The van der Waals surface area contributed by atoms with Gasteiger partial charge in [-0.1, -0.05) is 6.07 Å².